The molecule has 0 radical (unpaired) electrons. The van der Waals surface area contributed by atoms with Gasteiger partial charge in [-0.05, 0) is 57.9 Å². The van der Waals surface area contributed by atoms with Gasteiger partial charge in [-0.1, -0.05) is 48.4 Å². The molecule has 0 N–H and O–H groups in total. The first kappa shape index (κ1) is 23.2. The lowest BCUT2D eigenvalue weighted by atomic mass is 9.91. The number of benzene rings is 1. The molecule has 0 unspecified atom stereocenters. The van der Waals surface area contributed by atoms with Crippen molar-refractivity contribution in [3.63, 3.8) is 0 Å². The van der Waals surface area contributed by atoms with Gasteiger partial charge in [0.25, 0.3) is 0 Å². The molecule has 0 bridgehead atoms. The Labute approximate surface area is 186 Å². The SMILES string of the molecule is CC(C)(C)OC(=O)N1CC=C(CCCC2CCN(C(=O)OCc3ccccc3)CC2)C1. The maximum absolute atomic E-state index is 12.3. The van der Waals surface area contributed by atoms with Gasteiger partial charge >= 0.3 is 12.2 Å². The fourth-order valence-corrected chi connectivity index (χ4v) is 4.09. The molecule has 0 atom stereocenters. The fraction of sp³-hybridized carbons (Fsp3) is 0.600. The van der Waals surface area contributed by atoms with E-state index in [1.54, 1.807) is 4.90 Å². The molecule has 0 aliphatic carbocycles. The molecule has 0 saturated carbocycles. The van der Waals surface area contributed by atoms with Crippen LogP contribution < -0.4 is 0 Å². The number of carbonyl (C=O) groups excluding carboxylic acids is 2. The highest BCUT2D eigenvalue weighted by Crippen LogP contribution is 2.25. The third-order valence-electron chi connectivity index (χ3n) is 5.83. The van der Waals surface area contributed by atoms with Crippen LogP contribution in [-0.2, 0) is 16.1 Å². The van der Waals surface area contributed by atoms with Crippen LogP contribution in [0.1, 0.15) is 58.4 Å². The molecule has 31 heavy (non-hydrogen) atoms. The van der Waals surface area contributed by atoms with E-state index >= 15 is 0 Å². The van der Waals surface area contributed by atoms with Crippen LogP contribution in [0.15, 0.2) is 42.0 Å². The minimum absolute atomic E-state index is 0.208. The number of likely N-dealkylation sites (tertiary alicyclic amines) is 1. The summed E-state index contributed by atoms with van der Waals surface area (Å²) < 4.78 is 10.9. The van der Waals surface area contributed by atoms with E-state index in [2.05, 4.69) is 6.08 Å². The Kier molecular flexibility index (Phi) is 7.99. The van der Waals surface area contributed by atoms with Crippen molar-refractivity contribution < 1.29 is 19.1 Å². The summed E-state index contributed by atoms with van der Waals surface area (Å²) in [5, 5.41) is 0. The Hall–Kier alpha value is -2.50. The summed E-state index contributed by atoms with van der Waals surface area (Å²) in [5.41, 5.74) is 1.88. The first-order valence-electron chi connectivity index (χ1n) is 11.4. The Morgan fingerprint density at radius 2 is 1.74 bits per heavy atom. The van der Waals surface area contributed by atoms with Crippen molar-refractivity contribution in [1.29, 1.82) is 0 Å². The van der Waals surface area contributed by atoms with E-state index in [-0.39, 0.29) is 12.2 Å². The molecule has 2 heterocycles. The van der Waals surface area contributed by atoms with E-state index in [9.17, 15) is 9.59 Å². The third-order valence-corrected chi connectivity index (χ3v) is 5.83. The number of piperidine rings is 1. The normalized spacial score (nSPS) is 17.5. The maximum Gasteiger partial charge on any atom is 0.410 e. The monoisotopic (exact) mass is 428 g/mol. The molecule has 3 rings (SSSR count). The van der Waals surface area contributed by atoms with Crippen molar-refractivity contribution in [3.8, 4) is 0 Å². The van der Waals surface area contributed by atoms with E-state index in [0.717, 1.165) is 50.8 Å². The quantitative estimate of drug-likeness (QED) is 0.571. The van der Waals surface area contributed by atoms with E-state index in [1.807, 2.05) is 56.0 Å². The second kappa shape index (κ2) is 10.7. The van der Waals surface area contributed by atoms with E-state index in [0.29, 0.717) is 25.6 Å². The molecule has 170 valence electrons. The van der Waals surface area contributed by atoms with Crippen LogP contribution in [0.3, 0.4) is 0 Å². The zero-order valence-electron chi connectivity index (χ0n) is 19.1. The van der Waals surface area contributed by atoms with Crippen molar-refractivity contribution in [3.05, 3.63) is 47.5 Å². The molecule has 0 aromatic heterocycles. The van der Waals surface area contributed by atoms with Crippen molar-refractivity contribution >= 4 is 12.2 Å². The van der Waals surface area contributed by atoms with Crippen LogP contribution in [0.5, 0.6) is 0 Å². The summed E-state index contributed by atoms with van der Waals surface area (Å²) >= 11 is 0. The van der Waals surface area contributed by atoms with Crippen LogP contribution >= 0.6 is 0 Å². The standard InChI is InChI=1S/C25H36N2O4/c1-25(2,3)31-24(29)27-17-14-21(18-27)11-7-10-20-12-15-26(16-13-20)23(28)30-19-22-8-5-4-6-9-22/h4-6,8-9,14,20H,7,10-13,15-19H2,1-3H3. The van der Waals surface area contributed by atoms with Crippen molar-refractivity contribution in [1.82, 2.24) is 9.80 Å². The zero-order chi connectivity index (χ0) is 22.3. The Bertz CT molecular complexity index is 761. The Morgan fingerprint density at radius 1 is 1.03 bits per heavy atom. The molecule has 1 saturated heterocycles. The smallest absolute Gasteiger partial charge is 0.410 e. The summed E-state index contributed by atoms with van der Waals surface area (Å²) in [6, 6.07) is 9.78. The topological polar surface area (TPSA) is 59.1 Å². The lowest BCUT2D eigenvalue weighted by molar-refractivity contribution is 0.0300. The first-order valence-corrected chi connectivity index (χ1v) is 11.4. The molecule has 6 nitrogen and oxygen atoms in total. The van der Waals surface area contributed by atoms with Crippen molar-refractivity contribution in [2.24, 2.45) is 5.92 Å². The van der Waals surface area contributed by atoms with Gasteiger partial charge in [0.2, 0.25) is 0 Å². The number of ether oxygens (including phenoxy) is 2. The highest BCUT2D eigenvalue weighted by atomic mass is 16.6. The average molecular weight is 429 g/mol. The first-order chi connectivity index (χ1) is 14.8. The number of amides is 2. The van der Waals surface area contributed by atoms with Crippen LogP contribution in [-0.4, -0.2) is 53.8 Å². The highest BCUT2D eigenvalue weighted by molar-refractivity contribution is 5.69. The zero-order valence-corrected chi connectivity index (χ0v) is 19.1. The van der Waals surface area contributed by atoms with Gasteiger partial charge in [-0.25, -0.2) is 9.59 Å². The van der Waals surface area contributed by atoms with Gasteiger partial charge in [0, 0.05) is 26.2 Å². The highest BCUT2D eigenvalue weighted by Gasteiger charge is 2.26. The predicted octanol–water partition coefficient (Wildman–Crippen LogP) is 5.38. The van der Waals surface area contributed by atoms with Crippen molar-refractivity contribution in [2.45, 2.75) is 65.1 Å². The minimum atomic E-state index is -0.456. The summed E-state index contributed by atoms with van der Waals surface area (Å²) in [7, 11) is 0. The molecular weight excluding hydrogens is 392 g/mol. The van der Waals surface area contributed by atoms with Crippen LogP contribution in [0, 0.1) is 5.92 Å². The molecule has 1 aromatic carbocycles. The average Bonchev–Trinajstić information content (AvgIpc) is 3.21. The van der Waals surface area contributed by atoms with Gasteiger partial charge in [0.1, 0.15) is 12.2 Å². The van der Waals surface area contributed by atoms with Crippen molar-refractivity contribution in [2.75, 3.05) is 26.2 Å². The molecule has 2 aliphatic heterocycles. The lowest BCUT2D eigenvalue weighted by Gasteiger charge is -2.31. The van der Waals surface area contributed by atoms with Gasteiger partial charge in [-0.15, -0.1) is 0 Å². The fourth-order valence-electron chi connectivity index (χ4n) is 4.09. The summed E-state index contributed by atoms with van der Waals surface area (Å²) in [6.45, 7) is 8.88. The number of nitrogens with zero attached hydrogens (tertiary/aromatic N) is 2. The maximum atomic E-state index is 12.3. The van der Waals surface area contributed by atoms with Gasteiger partial charge in [0.05, 0.1) is 0 Å². The number of hydrogen-bond acceptors (Lipinski definition) is 4. The second-order valence-corrected chi connectivity index (χ2v) is 9.59. The predicted molar refractivity (Wildman–Crippen MR) is 121 cm³/mol. The molecule has 0 spiro atoms. The second-order valence-electron chi connectivity index (χ2n) is 9.59. The molecule has 1 aromatic rings. The number of carbonyl (C=O) groups is 2. The number of rotatable bonds is 6. The Balaban J connectivity index is 1.29. The van der Waals surface area contributed by atoms with Crippen LogP contribution in [0.25, 0.3) is 0 Å². The van der Waals surface area contributed by atoms with Gasteiger partial charge < -0.3 is 19.3 Å². The van der Waals surface area contributed by atoms with E-state index in [4.69, 9.17) is 9.47 Å². The number of hydrogen-bond donors (Lipinski definition) is 0. The van der Waals surface area contributed by atoms with Crippen LogP contribution in [0.4, 0.5) is 9.59 Å². The van der Waals surface area contributed by atoms with E-state index in [1.165, 1.54) is 5.57 Å². The minimum Gasteiger partial charge on any atom is -0.445 e. The molecule has 1 fully saturated rings. The van der Waals surface area contributed by atoms with Crippen LogP contribution in [0.2, 0.25) is 0 Å². The molecular formula is C25H36N2O4. The molecule has 2 amide bonds. The third kappa shape index (κ3) is 7.60. The summed E-state index contributed by atoms with van der Waals surface area (Å²) in [5.74, 6) is 0.655. The van der Waals surface area contributed by atoms with Gasteiger partial charge in [-0.2, -0.15) is 0 Å². The lowest BCUT2D eigenvalue weighted by Crippen LogP contribution is -2.38. The van der Waals surface area contributed by atoms with Gasteiger partial charge in [0.15, 0.2) is 0 Å². The summed E-state index contributed by atoms with van der Waals surface area (Å²) in [6.07, 6.45) is 7.10. The summed E-state index contributed by atoms with van der Waals surface area (Å²) in [4.78, 5) is 28.1. The molecule has 6 heteroatoms. The van der Waals surface area contributed by atoms with E-state index < -0.39 is 5.60 Å². The Morgan fingerprint density at radius 3 is 2.42 bits per heavy atom. The largest absolute Gasteiger partial charge is 0.445 e. The van der Waals surface area contributed by atoms with Gasteiger partial charge in [-0.3, -0.25) is 0 Å². The molecule has 2 aliphatic rings.